The van der Waals surface area contributed by atoms with Crippen molar-refractivity contribution in [2.75, 3.05) is 0 Å². The lowest BCUT2D eigenvalue weighted by molar-refractivity contribution is 0.596. The Hall–Kier alpha value is -2.26. The fourth-order valence-corrected chi connectivity index (χ4v) is 2.99. The highest BCUT2D eigenvalue weighted by molar-refractivity contribution is 7.89. The Morgan fingerprint density at radius 2 is 2.14 bits per heavy atom. The molecule has 0 fully saturated rings. The van der Waals surface area contributed by atoms with Gasteiger partial charge in [0.15, 0.2) is 0 Å². The number of benzene rings is 1. The van der Waals surface area contributed by atoms with Crippen LogP contribution in [-0.4, -0.2) is 27.7 Å². The van der Waals surface area contributed by atoms with Crippen LogP contribution in [0.15, 0.2) is 35.6 Å². The number of hydrogen-bond donors (Lipinski definition) is 1. The van der Waals surface area contributed by atoms with Crippen LogP contribution in [0.25, 0.3) is 10.9 Å². The first kappa shape index (κ1) is 13.7. The zero-order valence-electron chi connectivity index (χ0n) is 11.1. The first-order valence-electron chi connectivity index (χ1n) is 6.01. The Balaban J connectivity index is 2.25. The first-order valence-corrected chi connectivity index (χ1v) is 7.55. The van der Waals surface area contributed by atoms with E-state index in [9.17, 15) is 12.8 Å². The van der Waals surface area contributed by atoms with Crippen molar-refractivity contribution in [3.05, 3.63) is 42.4 Å². The number of nitrogens with two attached hydrogens (primary N) is 1. The summed E-state index contributed by atoms with van der Waals surface area (Å²) in [4.78, 5) is 3.83. The molecule has 2 N–H and O–H groups in total. The normalized spacial score (nSPS) is 12.1. The highest BCUT2D eigenvalue weighted by atomic mass is 32.2. The van der Waals surface area contributed by atoms with Gasteiger partial charge in [0, 0.05) is 13.2 Å². The smallest absolute Gasteiger partial charge is 0.240 e. The third-order valence-electron chi connectivity index (χ3n) is 3.24. The van der Waals surface area contributed by atoms with Gasteiger partial charge >= 0.3 is 0 Å². The van der Waals surface area contributed by atoms with Crippen molar-refractivity contribution in [3.8, 4) is 0 Å². The van der Waals surface area contributed by atoms with Crippen LogP contribution >= 0.6 is 0 Å². The number of primary sulfonamides is 1. The summed E-state index contributed by atoms with van der Waals surface area (Å²) in [6.45, 7) is 0.256. The molecule has 0 aliphatic rings. The van der Waals surface area contributed by atoms with Gasteiger partial charge in [0.2, 0.25) is 10.0 Å². The average Bonchev–Trinajstić information content (AvgIpc) is 2.96. The van der Waals surface area contributed by atoms with E-state index in [4.69, 9.17) is 5.14 Å². The standard InChI is InChI=1S/C12H12FN5O2S/c1-17-11(15-7-16-17)6-18-5-10(21(14,19)20)12-8(13)3-2-4-9(12)18/h2-5,7H,6H2,1H3,(H2,14,19,20). The minimum absolute atomic E-state index is 0.0119. The molecule has 9 heteroatoms. The van der Waals surface area contributed by atoms with Crippen molar-refractivity contribution < 1.29 is 12.8 Å². The second-order valence-corrected chi connectivity index (χ2v) is 6.13. The molecule has 7 nitrogen and oxygen atoms in total. The van der Waals surface area contributed by atoms with Gasteiger partial charge in [-0.2, -0.15) is 5.10 Å². The maximum absolute atomic E-state index is 14.0. The lowest BCUT2D eigenvalue weighted by Crippen LogP contribution is -2.12. The lowest BCUT2D eigenvalue weighted by Gasteiger charge is -2.04. The van der Waals surface area contributed by atoms with Crippen LogP contribution in [0, 0.1) is 5.82 Å². The molecule has 0 amide bonds. The number of halogens is 1. The zero-order chi connectivity index (χ0) is 15.2. The topological polar surface area (TPSA) is 95.8 Å². The summed E-state index contributed by atoms with van der Waals surface area (Å²) >= 11 is 0. The number of hydrogen-bond acceptors (Lipinski definition) is 4. The second kappa shape index (κ2) is 4.64. The zero-order valence-corrected chi connectivity index (χ0v) is 11.9. The summed E-state index contributed by atoms with van der Waals surface area (Å²) in [6, 6.07) is 4.34. The van der Waals surface area contributed by atoms with Gasteiger partial charge in [-0.3, -0.25) is 4.68 Å². The average molecular weight is 309 g/mol. The molecule has 0 aliphatic carbocycles. The molecule has 0 atom stereocenters. The molecule has 0 bridgehead atoms. The molecule has 3 aromatic rings. The van der Waals surface area contributed by atoms with E-state index in [1.165, 1.54) is 24.7 Å². The Labute approximate surface area is 119 Å². The van der Waals surface area contributed by atoms with Crippen LogP contribution in [-0.2, 0) is 23.6 Å². The molecule has 1 aromatic carbocycles. The van der Waals surface area contributed by atoms with E-state index in [1.807, 2.05) is 0 Å². The molecule has 21 heavy (non-hydrogen) atoms. The number of aryl methyl sites for hydroxylation is 1. The first-order chi connectivity index (χ1) is 9.88. The van der Waals surface area contributed by atoms with Crippen molar-refractivity contribution in [1.82, 2.24) is 19.3 Å². The number of nitrogens with zero attached hydrogens (tertiary/aromatic N) is 4. The van der Waals surface area contributed by atoms with E-state index < -0.39 is 15.8 Å². The van der Waals surface area contributed by atoms with Crippen molar-refractivity contribution in [2.24, 2.45) is 12.2 Å². The maximum Gasteiger partial charge on any atom is 0.240 e. The molecule has 2 aromatic heterocycles. The van der Waals surface area contributed by atoms with Gasteiger partial charge in [-0.25, -0.2) is 22.9 Å². The molecule has 110 valence electrons. The van der Waals surface area contributed by atoms with E-state index in [1.54, 1.807) is 22.4 Å². The van der Waals surface area contributed by atoms with Crippen LogP contribution in [0.3, 0.4) is 0 Å². The molecule has 0 aliphatic heterocycles. The van der Waals surface area contributed by atoms with E-state index in [0.717, 1.165) is 0 Å². The minimum atomic E-state index is -4.02. The van der Waals surface area contributed by atoms with E-state index in [2.05, 4.69) is 10.1 Å². The summed E-state index contributed by atoms with van der Waals surface area (Å²) in [7, 11) is -2.31. The Kier molecular flexibility index (Phi) is 3.03. The van der Waals surface area contributed by atoms with Crippen LogP contribution in [0.2, 0.25) is 0 Å². The lowest BCUT2D eigenvalue weighted by atomic mass is 10.2. The van der Waals surface area contributed by atoms with Gasteiger partial charge in [-0.15, -0.1) is 0 Å². The largest absolute Gasteiger partial charge is 0.338 e. The third-order valence-corrected chi connectivity index (χ3v) is 4.17. The summed E-state index contributed by atoms with van der Waals surface area (Å²) in [6.07, 6.45) is 2.71. The molecule has 0 saturated carbocycles. The van der Waals surface area contributed by atoms with Crippen molar-refractivity contribution in [2.45, 2.75) is 11.4 Å². The van der Waals surface area contributed by atoms with Crippen LogP contribution in [0.4, 0.5) is 4.39 Å². The predicted molar refractivity (Wildman–Crippen MR) is 73.4 cm³/mol. The Morgan fingerprint density at radius 3 is 2.76 bits per heavy atom. The predicted octanol–water partition coefficient (Wildman–Crippen LogP) is 0.605. The van der Waals surface area contributed by atoms with Gasteiger partial charge in [0.1, 0.15) is 22.9 Å². The van der Waals surface area contributed by atoms with Crippen LogP contribution in [0.1, 0.15) is 5.82 Å². The number of aromatic nitrogens is 4. The van der Waals surface area contributed by atoms with Crippen molar-refractivity contribution in [1.29, 1.82) is 0 Å². The molecular weight excluding hydrogens is 297 g/mol. The number of rotatable bonds is 3. The van der Waals surface area contributed by atoms with Crippen LogP contribution in [0.5, 0.6) is 0 Å². The SMILES string of the molecule is Cn1ncnc1Cn1cc(S(N)(=O)=O)c2c(F)cccc21. The summed E-state index contributed by atoms with van der Waals surface area (Å²) < 4.78 is 40.4. The van der Waals surface area contributed by atoms with E-state index in [0.29, 0.717) is 11.3 Å². The number of sulfonamides is 1. The third kappa shape index (κ3) is 2.30. The van der Waals surface area contributed by atoms with Gasteiger partial charge in [-0.1, -0.05) is 6.07 Å². The summed E-state index contributed by atoms with van der Waals surface area (Å²) in [5, 5.41) is 9.10. The molecular formula is C12H12FN5O2S. The molecule has 0 spiro atoms. The molecule has 0 saturated heterocycles. The van der Waals surface area contributed by atoms with Crippen molar-refractivity contribution >= 4 is 20.9 Å². The summed E-state index contributed by atoms with van der Waals surface area (Å²) in [5.41, 5.74) is 0.432. The highest BCUT2D eigenvalue weighted by Gasteiger charge is 2.20. The fraction of sp³-hybridized carbons (Fsp3) is 0.167. The molecule has 0 radical (unpaired) electrons. The Morgan fingerprint density at radius 1 is 1.38 bits per heavy atom. The van der Waals surface area contributed by atoms with E-state index in [-0.39, 0.29) is 16.8 Å². The monoisotopic (exact) mass is 309 g/mol. The highest BCUT2D eigenvalue weighted by Crippen LogP contribution is 2.27. The molecule has 3 rings (SSSR count). The van der Waals surface area contributed by atoms with Gasteiger partial charge in [0.25, 0.3) is 0 Å². The number of fused-ring (bicyclic) bond motifs is 1. The Bertz CT molecular complexity index is 928. The van der Waals surface area contributed by atoms with Crippen molar-refractivity contribution in [3.63, 3.8) is 0 Å². The fourth-order valence-electron chi connectivity index (χ4n) is 2.23. The van der Waals surface area contributed by atoms with Gasteiger partial charge in [-0.05, 0) is 12.1 Å². The molecule has 0 unspecified atom stereocenters. The van der Waals surface area contributed by atoms with Gasteiger partial charge in [0.05, 0.1) is 17.4 Å². The van der Waals surface area contributed by atoms with Crippen LogP contribution < -0.4 is 5.14 Å². The molecule has 2 heterocycles. The quantitative estimate of drug-likeness (QED) is 0.766. The maximum atomic E-state index is 14.0. The van der Waals surface area contributed by atoms with Gasteiger partial charge < -0.3 is 4.57 Å². The summed E-state index contributed by atoms with van der Waals surface area (Å²) in [5.74, 6) is -0.0228. The minimum Gasteiger partial charge on any atom is -0.338 e. The van der Waals surface area contributed by atoms with E-state index >= 15 is 0 Å². The second-order valence-electron chi connectivity index (χ2n) is 4.60.